The summed E-state index contributed by atoms with van der Waals surface area (Å²) in [6, 6.07) is 0. The summed E-state index contributed by atoms with van der Waals surface area (Å²) in [5, 5.41) is 10.6. The van der Waals surface area contributed by atoms with Gasteiger partial charge in [-0.05, 0) is 43.4 Å². The van der Waals surface area contributed by atoms with Crippen LogP contribution in [0.5, 0.6) is 0 Å². The minimum absolute atomic E-state index is 0.104. The van der Waals surface area contributed by atoms with E-state index in [0.29, 0.717) is 25.7 Å². The van der Waals surface area contributed by atoms with Crippen molar-refractivity contribution in [2.75, 3.05) is 39.6 Å². The van der Waals surface area contributed by atoms with Crippen molar-refractivity contribution < 1.29 is 80.2 Å². The van der Waals surface area contributed by atoms with Gasteiger partial charge in [-0.3, -0.25) is 37.3 Å². The normalized spacial score (nSPS) is 14.6. The maximum absolute atomic E-state index is 13.1. The van der Waals surface area contributed by atoms with Crippen LogP contribution in [0.4, 0.5) is 0 Å². The average molecular weight is 1440 g/mol. The highest BCUT2D eigenvalue weighted by Gasteiger charge is 2.30. The van der Waals surface area contributed by atoms with Crippen molar-refractivity contribution in [1.29, 1.82) is 0 Å². The SMILES string of the molecule is CCCCCCCCCCCCCCCCCCCCCCCC(=O)O[C@H](COC(=O)CCCCCCCCCCCCCCC(C)C)COP(=O)(O)OC[C@@H](O)COP(=O)(O)OC[C@@H](COC(=O)CCCCCCCCC(C)CC)OC(=O)CCCCCCCCCCC(C)CC. The number of ether oxygens (including phenoxy) is 4. The lowest BCUT2D eigenvalue weighted by Crippen LogP contribution is -2.30. The molecule has 3 N–H and O–H groups in total. The zero-order valence-corrected chi connectivity index (χ0v) is 66.0. The Hall–Kier alpha value is -1.94. The molecule has 19 heteroatoms. The van der Waals surface area contributed by atoms with E-state index >= 15 is 0 Å². The van der Waals surface area contributed by atoms with Gasteiger partial charge in [0, 0.05) is 25.7 Å². The molecular formula is C79H154O17P2. The molecule has 17 nitrogen and oxygen atoms in total. The van der Waals surface area contributed by atoms with Crippen molar-refractivity contribution in [3.8, 4) is 0 Å². The summed E-state index contributed by atoms with van der Waals surface area (Å²) < 4.78 is 68.6. The molecule has 0 amide bonds. The molecule has 582 valence electrons. The van der Waals surface area contributed by atoms with Crippen molar-refractivity contribution in [2.45, 2.75) is 426 Å². The van der Waals surface area contributed by atoms with Crippen LogP contribution in [0.1, 0.15) is 408 Å². The molecule has 0 spiro atoms. The van der Waals surface area contributed by atoms with Crippen LogP contribution in [-0.2, 0) is 65.4 Å². The number of unbranched alkanes of at least 4 members (excludes halogenated alkanes) is 43. The third-order valence-corrected chi connectivity index (χ3v) is 21.0. The van der Waals surface area contributed by atoms with Crippen molar-refractivity contribution in [3.63, 3.8) is 0 Å². The molecule has 0 rings (SSSR count). The van der Waals surface area contributed by atoms with Gasteiger partial charge in [0.05, 0.1) is 26.4 Å². The number of esters is 4. The fourth-order valence-corrected chi connectivity index (χ4v) is 13.6. The fraction of sp³-hybridized carbons (Fsp3) is 0.949. The summed E-state index contributed by atoms with van der Waals surface area (Å²) in [6.45, 7) is 11.9. The number of phosphoric ester groups is 2. The molecule has 0 bridgehead atoms. The van der Waals surface area contributed by atoms with Gasteiger partial charge in [0.2, 0.25) is 0 Å². The molecule has 0 aliphatic heterocycles. The van der Waals surface area contributed by atoms with Gasteiger partial charge in [-0.25, -0.2) is 9.13 Å². The molecule has 0 saturated carbocycles. The lowest BCUT2D eigenvalue weighted by molar-refractivity contribution is -0.161. The van der Waals surface area contributed by atoms with Gasteiger partial charge in [0.15, 0.2) is 12.2 Å². The number of rotatable bonds is 77. The van der Waals surface area contributed by atoms with Gasteiger partial charge in [0.25, 0.3) is 0 Å². The van der Waals surface area contributed by atoms with E-state index in [9.17, 15) is 43.2 Å². The fourth-order valence-electron chi connectivity index (χ4n) is 12.1. The Labute approximate surface area is 600 Å². The van der Waals surface area contributed by atoms with E-state index in [0.717, 1.165) is 114 Å². The van der Waals surface area contributed by atoms with Crippen LogP contribution < -0.4 is 0 Å². The van der Waals surface area contributed by atoms with E-state index in [1.807, 2.05) is 0 Å². The first-order valence-electron chi connectivity index (χ1n) is 40.9. The molecule has 0 saturated heterocycles. The van der Waals surface area contributed by atoms with Gasteiger partial charge < -0.3 is 33.8 Å². The summed E-state index contributed by atoms with van der Waals surface area (Å²) in [6.07, 6.45) is 57.0. The zero-order chi connectivity index (χ0) is 72.3. The number of carbonyl (C=O) groups excluding carboxylic acids is 4. The monoisotopic (exact) mass is 1440 g/mol. The molecule has 0 aromatic rings. The number of phosphoric acid groups is 2. The lowest BCUT2D eigenvalue weighted by atomic mass is 9.99. The van der Waals surface area contributed by atoms with Gasteiger partial charge in [-0.15, -0.1) is 0 Å². The van der Waals surface area contributed by atoms with Crippen LogP contribution in [-0.4, -0.2) is 96.7 Å². The van der Waals surface area contributed by atoms with Crippen LogP contribution in [0.2, 0.25) is 0 Å². The van der Waals surface area contributed by atoms with Crippen LogP contribution >= 0.6 is 15.6 Å². The molecule has 0 radical (unpaired) electrons. The molecule has 98 heavy (non-hydrogen) atoms. The number of hydrogen-bond donors (Lipinski definition) is 3. The summed E-state index contributed by atoms with van der Waals surface area (Å²) in [5.74, 6) is 0.164. The highest BCUT2D eigenvalue weighted by molar-refractivity contribution is 7.47. The van der Waals surface area contributed by atoms with E-state index < -0.39 is 97.5 Å². The molecule has 0 aromatic carbocycles. The van der Waals surface area contributed by atoms with Crippen molar-refractivity contribution in [3.05, 3.63) is 0 Å². The highest BCUT2D eigenvalue weighted by atomic mass is 31.2. The largest absolute Gasteiger partial charge is 0.472 e. The third kappa shape index (κ3) is 69.8. The Morgan fingerprint density at radius 1 is 0.296 bits per heavy atom. The second-order valence-electron chi connectivity index (χ2n) is 29.4. The van der Waals surface area contributed by atoms with Crippen LogP contribution in [0, 0.1) is 17.8 Å². The summed E-state index contributed by atoms with van der Waals surface area (Å²) in [4.78, 5) is 72.9. The predicted molar refractivity (Wildman–Crippen MR) is 400 cm³/mol. The Bertz CT molecular complexity index is 1910. The molecule has 0 aromatic heterocycles. The van der Waals surface area contributed by atoms with Gasteiger partial charge in [-0.2, -0.15) is 0 Å². The number of hydrogen-bond acceptors (Lipinski definition) is 15. The Morgan fingerprint density at radius 3 is 0.776 bits per heavy atom. The van der Waals surface area contributed by atoms with E-state index in [1.54, 1.807) is 0 Å². The Morgan fingerprint density at radius 2 is 0.520 bits per heavy atom. The van der Waals surface area contributed by atoms with Gasteiger partial charge in [-0.1, -0.05) is 357 Å². The molecular weight excluding hydrogens is 1280 g/mol. The minimum atomic E-state index is -4.96. The highest BCUT2D eigenvalue weighted by Crippen LogP contribution is 2.45. The smallest absolute Gasteiger partial charge is 0.462 e. The maximum atomic E-state index is 13.1. The molecule has 0 heterocycles. The van der Waals surface area contributed by atoms with E-state index in [-0.39, 0.29) is 25.7 Å². The Balaban J connectivity index is 5.22. The third-order valence-electron chi connectivity index (χ3n) is 19.1. The van der Waals surface area contributed by atoms with Crippen LogP contribution in [0.3, 0.4) is 0 Å². The van der Waals surface area contributed by atoms with Crippen molar-refractivity contribution in [2.24, 2.45) is 17.8 Å². The molecule has 4 unspecified atom stereocenters. The summed E-state index contributed by atoms with van der Waals surface area (Å²) in [5.41, 5.74) is 0. The van der Waals surface area contributed by atoms with Crippen molar-refractivity contribution in [1.82, 2.24) is 0 Å². The minimum Gasteiger partial charge on any atom is -0.462 e. The number of aliphatic hydroxyl groups excluding tert-OH is 1. The predicted octanol–water partition coefficient (Wildman–Crippen LogP) is 23.4. The first-order chi connectivity index (χ1) is 47.3. The standard InChI is InChI=1S/C79H154O17P2/c1-8-11-12-13-14-15-16-17-18-19-20-21-22-23-24-25-30-33-39-48-55-62-78(83)95-74(66-89-76(81)60-53-46-38-32-29-27-26-28-31-36-43-50-57-70(4)5)68-93-97(85,86)91-64-73(80)65-92-98(87,88)94-69-75(67-90-77(82)61-54-47-42-41-45-52-59-72(7)10-3)96-79(84)63-56-49-40-35-34-37-44-51-58-71(6)9-2/h70-75,80H,8-69H2,1-7H3,(H,85,86)(H,87,88)/t71?,72?,73-,74-,75-/m1/s1. The van der Waals surface area contributed by atoms with Crippen LogP contribution in [0.15, 0.2) is 0 Å². The first-order valence-corrected chi connectivity index (χ1v) is 43.9. The zero-order valence-electron chi connectivity index (χ0n) is 64.3. The van der Waals surface area contributed by atoms with Crippen LogP contribution in [0.25, 0.3) is 0 Å². The van der Waals surface area contributed by atoms with Gasteiger partial charge >= 0.3 is 39.5 Å². The lowest BCUT2D eigenvalue weighted by Gasteiger charge is -2.21. The Kier molecular flexibility index (Phi) is 68.1. The molecule has 7 atom stereocenters. The maximum Gasteiger partial charge on any atom is 0.472 e. The topological polar surface area (TPSA) is 237 Å². The quantitative estimate of drug-likeness (QED) is 0.0222. The summed E-state index contributed by atoms with van der Waals surface area (Å²) >= 11 is 0. The molecule has 0 fully saturated rings. The average Bonchev–Trinajstić information content (AvgIpc) is 1.03. The molecule has 0 aliphatic carbocycles. The van der Waals surface area contributed by atoms with E-state index in [4.69, 9.17) is 37.0 Å². The van der Waals surface area contributed by atoms with E-state index in [2.05, 4.69) is 48.5 Å². The number of aliphatic hydroxyl groups is 1. The second-order valence-corrected chi connectivity index (χ2v) is 32.3. The second kappa shape index (κ2) is 69.4. The first kappa shape index (κ1) is 96.1. The summed E-state index contributed by atoms with van der Waals surface area (Å²) in [7, 11) is -9.92. The number of carbonyl (C=O) groups is 4. The van der Waals surface area contributed by atoms with Gasteiger partial charge in [0.1, 0.15) is 19.3 Å². The molecule has 0 aliphatic rings. The van der Waals surface area contributed by atoms with E-state index in [1.165, 1.54) is 212 Å². The van der Waals surface area contributed by atoms with Crippen molar-refractivity contribution >= 4 is 39.5 Å².